The topological polar surface area (TPSA) is 89.8 Å². The molecule has 1 amide bonds. The van der Waals surface area contributed by atoms with Gasteiger partial charge in [-0.2, -0.15) is 4.98 Å². The number of amides is 1. The van der Waals surface area contributed by atoms with Crippen molar-refractivity contribution in [3.63, 3.8) is 0 Å². The molecule has 0 aliphatic heterocycles. The van der Waals surface area contributed by atoms with E-state index in [9.17, 15) is 14.0 Å². The van der Waals surface area contributed by atoms with Gasteiger partial charge in [-0.15, -0.1) is 0 Å². The lowest BCUT2D eigenvalue weighted by molar-refractivity contribution is -0.121. The molecule has 2 aromatic heterocycles. The van der Waals surface area contributed by atoms with Gasteiger partial charge in [0.1, 0.15) is 12.1 Å². The second-order valence-electron chi connectivity index (χ2n) is 11.9. The van der Waals surface area contributed by atoms with Crippen molar-refractivity contribution in [2.45, 2.75) is 127 Å². The summed E-state index contributed by atoms with van der Waals surface area (Å²) in [5, 5.41) is 3.58. The Labute approximate surface area is 278 Å². The van der Waals surface area contributed by atoms with Crippen molar-refractivity contribution in [2.75, 3.05) is 6.54 Å². The number of rotatable bonds is 24. The first-order chi connectivity index (χ1) is 22.5. The summed E-state index contributed by atoms with van der Waals surface area (Å²) in [7, 11) is 0. The molecule has 0 bridgehead atoms. The summed E-state index contributed by atoms with van der Waals surface area (Å²) >= 11 is 1.40. The van der Waals surface area contributed by atoms with Crippen molar-refractivity contribution in [3.8, 4) is 0 Å². The van der Waals surface area contributed by atoms with Gasteiger partial charge in [0, 0.05) is 55.8 Å². The Morgan fingerprint density at radius 3 is 2.17 bits per heavy atom. The van der Waals surface area contributed by atoms with Crippen molar-refractivity contribution >= 4 is 17.7 Å². The van der Waals surface area contributed by atoms with E-state index in [4.69, 9.17) is 0 Å². The van der Waals surface area contributed by atoms with Crippen molar-refractivity contribution in [2.24, 2.45) is 0 Å². The number of benzene rings is 1. The molecule has 0 aliphatic carbocycles. The highest BCUT2D eigenvalue weighted by Crippen LogP contribution is 2.21. The number of carbonyl (C=O) groups is 1. The molecular formula is C37H52FN5O2S. The molecule has 0 fully saturated rings. The van der Waals surface area contributed by atoms with Gasteiger partial charge in [0.25, 0.3) is 5.56 Å². The van der Waals surface area contributed by atoms with Gasteiger partial charge in [0.2, 0.25) is 5.91 Å². The predicted octanol–water partition coefficient (Wildman–Crippen LogP) is 8.60. The number of unbranched alkanes of at least 4 members (excludes halogenated alkanes) is 12. The lowest BCUT2D eigenvalue weighted by Crippen LogP contribution is -2.26. The minimum absolute atomic E-state index is 0.0149. The molecular weight excluding hydrogens is 598 g/mol. The lowest BCUT2D eigenvalue weighted by atomic mass is 10.1. The van der Waals surface area contributed by atoms with E-state index in [1.807, 2.05) is 4.57 Å². The number of hydrogen-bond donors (Lipinski definition) is 1. The number of carbonyl (C=O) groups excluding carboxylic acids is 1. The zero-order chi connectivity index (χ0) is 32.7. The summed E-state index contributed by atoms with van der Waals surface area (Å²) < 4.78 is 15.2. The van der Waals surface area contributed by atoms with E-state index >= 15 is 0 Å². The molecule has 0 saturated heterocycles. The summed E-state index contributed by atoms with van der Waals surface area (Å²) in [5.74, 6) is 0.223. The molecule has 250 valence electrons. The van der Waals surface area contributed by atoms with Gasteiger partial charge in [0.05, 0.1) is 0 Å². The molecule has 7 nitrogen and oxygen atoms in total. The number of nitrogens with one attached hydrogen (secondary N) is 1. The van der Waals surface area contributed by atoms with Gasteiger partial charge in [0.15, 0.2) is 5.16 Å². The number of thioether (sulfide) groups is 1. The standard InChI is InChI=1S/C37H52FN5O2S/c1-2-3-4-5-6-7-8-9-10-11-12-13-14-15-16-17-23-41-35(44)22-24-43-28-33(25-32-26-39-30-40-27-32)36(45)42-37(43)46-29-31-18-20-34(38)21-19-31/h9-10,18-21,26-28,30H,2-8,11-17,22-25,29H2,1H3,(H,41,44)/b10-9+. The molecule has 0 saturated carbocycles. The SMILES string of the molecule is CCCCCCCC/C=C/CCCCCCCCNC(=O)CCn1cc(Cc2cncnc2)c(=O)nc1SCc1ccc(F)cc1. The summed E-state index contributed by atoms with van der Waals surface area (Å²) in [5.41, 5.74) is 1.94. The molecule has 0 unspecified atom stereocenters. The van der Waals surface area contributed by atoms with Gasteiger partial charge in [-0.05, 0) is 55.4 Å². The minimum Gasteiger partial charge on any atom is -0.356 e. The van der Waals surface area contributed by atoms with E-state index in [1.165, 1.54) is 107 Å². The largest absolute Gasteiger partial charge is 0.356 e. The Balaban J connectivity index is 1.34. The van der Waals surface area contributed by atoms with Crippen molar-refractivity contribution in [1.82, 2.24) is 24.8 Å². The maximum atomic E-state index is 13.3. The van der Waals surface area contributed by atoms with E-state index in [0.717, 1.165) is 24.0 Å². The van der Waals surface area contributed by atoms with Crippen LogP contribution in [0.15, 0.2) is 71.3 Å². The van der Waals surface area contributed by atoms with Crippen LogP contribution in [0, 0.1) is 5.82 Å². The normalized spacial score (nSPS) is 11.3. The summed E-state index contributed by atoms with van der Waals surface area (Å²) in [4.78, 5) is 38.0. The minimum atomic E-state index is -0.314. The molecule has 2 heterocycles. The van der Waals surface area contributed by atoms with Crippen LogP contribution in [0.4, 0.5) is 4.39 Å². The van der Waals surface area contributed by atoms with Gasteiger partial charge in [-0.1, -0.05) is 101 Å². The van der Waals surface area contributed by atoms with E-state index < -0.39 is 0 Å². The number of allylic oxidation sites excluding steroid dienone is 2. The maximum Gasteiger partial charge on any atom is 0.277 e. The molecule has 0 spiro atoms. The van der Waals surface area contributed by atoms with Gasteiger partial charge >= 0.3 is 0 Å². The molecule has 0 radical (unpaired) electrons. The van der Waals surface area contributed by atoms with Gasteiger partial charge in [-0.25, -0.2) is 14.4 Å². The fourth-order valence-corrected chi connectivity index (χ4v) is 6.14. The highest BCUT2D eigenvalue weighted by Gasteiger charge is 2.12. The molecule has 3 rings (SSSR count). The number of hydrogen-bond acceptors (Lipinski definition) is 6. The second kappa shape index (κ2) is 23.1. The predicted molar refractivity (Wildman–Crippen MR) is 186 cm³/mol. The van der Waals surface area contributed by atoms with Crippen LogP contribution in [0.2, 0.25) is 0 Å². The number of nitrogens with zero attached hydrogens (tertiary/aromatic N) is 4. The number of aryl methyl sites for hydroxylation is 1. The van der Waals surface area contributed by atoms with Crippen LogP contribution in [0.1, 0.15) is 120 Å². The lowest BCUT2D eigenvalue weighted by Gasteiger charge is -2.14. The zero-order valence-electron chi connectivity index (χ0n) is 27.6. The second-order valence-corrected chi connectivity index (χ2v) is 12.9. The molecule has 0 aliphatic rings. The Kier molecular flexibility index (Phi) is 18.6. The van der Waals surface area contributed by atoms with Crippen LogP contribution >= 0.6 is 11.8 Å². The number of halogens is 1. The average Bonchev–Trinajstić information content (AvgIpc) is 3.06. The van der Waals surface area contributed by atoms with Crippen LogP contribution in [0.3, 0.4) is 0 Å². The van der Waals surface area contributed by atoms with Crippen LogP contribution in [-0.2, 0) is 23.5 Å². The van der Waals surface area contributed by atoms with Crippen LogP contribution in [0.5, 0.6) is 0 Å². The van der Waals surface area contributed by atoms with Gasteiger partial charge in [-0.3, -0.25) is 9.59 Å². The molecule has 1 N–H and O–H groups in total. The molecule has 3 aromatic rings. The summed E-state index contributed by atoms with van der Waals surface area (Å²) in [6.45, 7) is 3.34. The molecule has 1 aromatic carbocycles. The van der Waals surface area contributed by atoms with Crippen LogP contribution in [0.25, 0.3) is 0 Å². The Bertz CT molecular complexity index is 1350. The third kappa shape index (κ3) is 15.8. The Morgan fingerprint density at radius 1 is 0.870 bits per heavy atom. The average molecular weight is 650 g/mol. The highest BCUT2D eigenvalue weighted by molar-refractivity contribution is 7.98. The van der Waals surface area contributed by atoms with Crippen molar-refractivity contribution in [3.05, 3.63) is 94.2 Å². The molecule has 46 heavy (non-hydrogen) atoms. The number of aromatic nitrogens is 4. The molecule has 9 heteroatoms. The third-order valence-corrected chi connectivity index (χ3v) is 8.97. The Hall–Kier alpha value is -3.33. The summed E-state index contributed by atoms with van der Waals surface area (Å²) in [6.07, 6.45) is 29.6. The van der Waals surface area contributed by atoms with Gasteiger partial charge < -0.3 is 9.88 Å². The Morgan fingerprint density at radius 2 is 1.50 bits per heavy atom. The monoisotopic (exact) mass is 649 g/mol. The first-order valence-electron chi connectivity index (χ1n) is 17.2. The fourth-order valence-electron chi connectivity index (χ4n) is 5.20. The van der Waals surface area contributed by atoms with Crippen molar-refractivity contribution < 1.29 is 9.18 Å². The fraction of sp³-hybridized carbons (Fsp3) is 0.541. The molecule has 0 atom stereocenters. The van der Waals surface area contributed by atoms with E-state index in [1.54, 1.807) is 30.7 Å². The maximum absolute atomic E-state index is 13.3. The van der Waals surface area contributed by atoms with E-state index in [-0.39, 0.29) is 23.7 Å². The first kappa shape index (κ1) is 37.1. The first-order valence-corrected chi connectivity index (χ1v) is 18.2. The van der Waals surface area contributed by atoms with E-state index in [2.05, 4.69) is 39.3 Å². The van der Waals surface area contributed by atoms with Crippen molar-refractivity contribution in [1.29, 1.82) is 0 Å². The smallest absolute Gasteiger partial charge is 0.277 e. The van der Waals surface area contributed by atoms with Crippen LogP contribution in [-0.4, -0.2) is 32.0 Å². The van der Waals surface area contributed by atoms with E-state index in [0.29, 0.717) is 36.0 Å². The quantitative estimate of drug-likeness (QED) is 0.0452. The third-order valence-electron chi connectivity index (χ3n) is 7.91. The zero-order valence-corrected chi connectivity index (χ0v) is 28.4. The summed E-state index contributed by atoms with van der Waals surface area (Å²) in [6, 6.07) is 6.28. The highest BCUT2D eigenvalue weighted by atomic mass is 32.2. The van der Waals surface area contributed by atoms with Crippen LogP contribution < -0.4 is 10.9 Å².